The summed E-state index contributed by atoms with van der Waals surface area (Å²) in [5.41, 5.74) is 1.51. The molecule has 0 unspecified atom stereocenters. The lowest BCUT2D eigenvalue weighted by molar-refractivity contribution is -0.0504. The fourth-order valence-electron chi connectivity index (χ4n) is 2.56. The van der Waals surface area contributed by atoms with Gasteiger partial charge in [-0.05, 0) is 31.2 Å². The van der Waals surface area contributed by atoms with Crippen LogP contribution in [0.1, 0.15) is 18.1 Å². The number of hydrogen-bond acceptors (Lipinski definition) is 4. The van der Waals surface area contributed by atoms with E-state index in [1.54, 1.807) is 19.2 Å². The van der Waals surface area contributed by atoms with Gasteiger partial charge in [0.15, 0.2) is 5.96 Å². The highest BCUT2D eigenvalue weighted by atomic mass is 127. The number of nitrogens with zero attached hydrogens (tertiary/aromatic N) is 1. The predicted octanol–water partition coefficient (Wildman–Crippen LogP) is 4.18. The van der Waals surface area contributed by atoms with E-state index in [9.17, 15) is 8.78 Å². The van der Waals surface area contributed by atoms with Gasteiger partial charge in [-0.15, -0.1) is 24.0 Å². The van der Waals surface area contributed by atoms with Crippen molar-refractivity contribution >= 4 is 29.9 Å². The van der Waals surface area contributed by atoms with Gasteiger partial charge in [0.2, 0.25) is 0 Å². The molecule has 29 heavy (non-hydrogen) atoms. The second-order valence-corrected chi connectivity index (χ2v) is 5.67. The van der Waals surface area contributed by atoms with Gasteiger partial charge in [-0.2, -0.15) is 8.78 Å². The molecular weight excluding hydrogens is 495 g/mol. The number of para-hydroxylation sites is 1. The van der Waals surface area contributed by atoms with Gasteiger partial charge in [0.1, 0.15) is 17.2 Å². The van der Waals surface area contributed by atoms with Crippen LogP contribution in [0.2, 0.25) is 0 Å². The Morgan fingerprint density at radius 3 is 2.34 bits per heavy atom. The molecule has 160 valence electrons. The van der Waals surface area contributed by atoms with Crippen LogP contribution in [0.25, 0.3) is 0 Å². The monoisotopic (exact) mass is 521 g/mol. The second-order valence-electron chi connectivity index (χ2n) is 5.67. The van der Waals surface area contributed by atoms with Crippen LogP contribution in [-0.2, 0) is 13.1 Å². The van der Waals surface area contributed by atoms with E-state index in [2.05, 4.69) is 20.4 Å². The first-order valence-electron chi connectivity index (χ1n) is 8.84. The number of halogens is 3. The first kappa shape index (κ1) is 24.7. The van der Waals surface area contributed by atoms with Crippen LogP contribution in [0.3, 0.4) is 0 Å². The summed E-state index contributed by atoms with van der Waals surface area (Å²) in [6, 6.07) is 12.4. The Kier molecular flexibility index (Phi) is 11.1. The van der Waals surface area contributed by atoms with E-state index in [0.717, 1.165) is 11.3 Å². The van der Waals surface area contributed by atoms with Crippen LogP contribution in [0.5, 0.6) is 17.2 Å². The zero-order chi connectivity index (χ0) is 20.4. The fraction of sp³-hybridized carbons (Fsp3) is 0.350. The van der Waals surface area contributed by atoms with E-state index in [-0.39, 0.29) is 36.3 Å². The summed E-state index contributed by atoms with van der Waals surface area (Å²) < 4.78 is 40.6. The van der Waals surface area contributed by atoms with E-state index in [4.69, 9.17) is 9.47 Å². The molecule has 0 fully saturated rings. The van der Waals surface area contributed by atoms with Gasteiger partial charge in [-0.3, -0.25) is 4.99 Å². The zero-order valence-electron chi connectivity index (χ0n) is 16.6. The standard InChI is InChI=1S/C20H25F2N3O3.HI/c1-4-27-17-8-6-5-7-14(17)12-24-20(23-2)25-13-15-11-16(26-3)9-10-18(15)28-19(21)22;/h5-11,19H,4,12-13H2,1-3H3,(H2,23,24,25);1H. The third kappa shape index (κ3) is 7.92. The number of methoxy groups -OCH3 is 1. The normalized spacial score (nSPS) is 10.9. The minimum Gasteiger partial charge on any atom is -0.497 e. The second kappa shape index (κ2) is 13.0. The maximum absolute atomic E-state index is 12.6. The maximum atomic E-state index is 12.6. The Labute approximate surface area is 186 Å². The number of benzene rings is 2. The molecule has 0 aliphatic heterocycles. The largest absolute Gasteiger partial charge is 0.497 e. The number of alkyl halides is 2. The number of ether oxygens (including phenoxy) is 3. The average molecular weight is 521 g/mol. The molecule has 0 radical (unpaired) electrons. The molecule has 2 rings (SSSR count). The van der Waals surface area contributed by atoms with Gasteiger partial charge in [0, 0.05) is 31.3 Å². The highest BCUT2D eigenvalue weighted by molar-refractivity contribution is 14.0. The average Bonchev–Trinajstić information content (AvgIpc) is 2.70. The third-order valence-corrected chi connectivity index (χ3v) is 3.87. The molecule has 6 nitrogen and oxygen atoms in total. The fourth-order valence-corrected chi connectivity index (χ4v) is 2.56. The Hall–Kier alpha value is -2.30. The Balaban J connectivity index is 0.00000420. The third-order valence-electron chi connectivity index (χ3n) is 3.87. The molecular formula is C20H26F2IN3O3. The number of rotatable bonds is 9. The molecule has 0 aromatic heterocycles. The zero-order valence-corrected chi connectivity index (χ0v) is 18.9. The molecule has 0 atom stereocenters. The van der Waals surface area contributed by atoms with Crippen molar-refractivity contribution in [2.75, 3.05) is 20.8 Å². The van der Waals surface area contributed by atoms with Crippen molar-refractivity contribution in [2.45, 2.75) is 26.6 Å². The van der Waals surface area contributed by atoms with Crippen LogP contribution in [0, 0.1) is 0 Å². The van der Waals surface area contributed by atoms with Crippen molar-refractivity contribution in [3.8, 4) is 17.2 Å². The molecule has 0 aliphatic rings. The summed E-state index contributed by atoms with van der Waals surface area (Å²) >= 11 is 0. The summed E-state index contributed by atoms with van der Waals surface area (Å²) in [4.78, 5) is 4.16. The Morgan fingerprint density at radius 2 is 1.72 bits per heavy atom. The highest BCUT2D eigenvalue weighted by Gasteiger charge is 2.12. The summed E-state index contributed by atoms with van der Waals surface area (Å²) in [5.74, 6) is 1.94. The molecule has 0 saturated carbocycles. The van der Waals surface area contributed by atoms with Crippen molar-refractivity contribution < 1.29 is 23.0 Å². The first-order chi connectivity index (χ1) is 13.6. The molecule has 0 saturated heterocycles. The summed E-state index contributed by atoms with van der Waals surface area (Å²) in [7, 11) is 3.14. The lowest BCUT2D eigenvalue weighted by atomic mass is 10.2. The minimum atomic E-state index is -2.90. The van der Waals surface area contributed by atoms with Crippen LogP contribution in [0.4, 0.5) is 8.78 Å². The summed E-state index contributed by atoms with van der Waals surface area (Å²) in [6.45, 7) is 0.324. The van der Waals surface area contributed by atoms with E-state index >= 15 is 0 Å². The highest BCUT2D eigenvalue weighted by Crippen LogP contribution is 2.25. The van der Waals surface area contributed by atoms with Crippen LogP contribution >= 0.6 is 24.0 Å². The van der Waals surface area contributed by atoms with Gasteiger partial charge >= 0.3 is 6.61 Å². The number of nitrogens with one attached hydrogen (secondary N) is 2. The number of aliphatic imine (C=N–C) groups is 1. The summed E-state index contributed by atoms with van der Waals surface area (Å²) in [6.07, 6.45) is 0. The molecule has 0 spiro atoms. The van der Waals surface area contributed by atoms with Crippen molar-refractivity contribution in [1.29, 1.82) is 0 Å². The van der Waals surface area contributed by atoms with E-state index < -0.39 is 6.61 Å². The smallest absolute Gasteiger partial charge is 0.387 e. The van der Waals surface area contributed by atoms with Gasteiger partial charge in [-0.1, -0.05) is 18.2 Å². The molecule has 9 heteroatoms. The Bertz CT molecular complexity index is 791. The van der Waals surface area contributed by atoms with Crippen LogP contribution in [0.15, 0.2) is 47.5 Å². The van der Waals surface area contributed by atoms with Gasteiger partial charge in [0.25, 0.3) is 0 Å². The lowest BCUT2D eigenvalue weighted by Crippen LogP contribution is -2.36. The maximum Gasteiger partial charge on any atom is 0.387 e. The molecule has 2 aromatic rings. The topological polar surface area (TPSA) is 64.1 Å². The predicted molar refractivity (Wildman–Crippen MR) is 120 cm³/mol. The molecule has 0 aliphatic carbocycles. The minimum absolute atomic E-state index is 0. The van der Waals surface area contributed by atoms with Crippen molar-refractivity contribution in [2.24, 2.45) is 4.99 Å². The molecule has 0 heterocycles. The molecule has 2 aromatic carbocycles. The Morgan fingerprint density at radius 1 is 1.03 bits per heavy atom. The molecule has 0 bridgehead atoms. The van der Waals surface area contributed by atoms with Crippen molar-refractivity contribution in [3.05, 3.63) is 53.6 Å². The number of hydrogen-bond donors (Lipinski definition) is 2. The van der Waals surface area contributed by atoms with E-state index in [1.807, 2.05) is 31.2 Å². The first-order valence-corrected chi connectivity index (χ1v) is 8.84. The SMILES string of the molecule is CCOc1ccccc1CNC(=NC)NCc1cc(OC)ccc1OC(F)F.I. The van der Waals surface area contributed by atoms with E-state index in [1.165, 1.54) is 13.2 Å². The van der Waals surface area contributed by atoms with Gasteiger partial charge < -0.3 is 24.8 Å². The molecule has 0 amide bonds. The molecule has 2 N–H and O–H groups in total. The quantitative estimate of drug-likeness (QED) is 0.295. The lowest BCUT2D eigenvalue weighted by Gasteiger charge is -2.16. The number of guanidine groups is 1. The van der Waals surface area contributed by atoms with E-state index in [0.29, 0.717) is 30.4 Å². The van der Waals surface area contributed by atoms with Gasteiger partial charge in [-0.25, -0.2) is 0 Å². The summed E-state index contributed by atoms with van der Waals surface area (Å²) in [5, 5.41) is 6.27. The van der Waals surface area contributed by atoms with Crippen LogP contribution in [-0.4, -0.2) is 33.3 Å². The van der Waals surface area contributed by atoms with Crippen LogP contribution < -0.4 is 24.8 Å². The van der Waals surface area contributed by atoms with Gasteiger partial charge in [0.05, 0.1) is 13.7 Å². The van der Waals surface area contributed by atoms with Crippen molar-refractivity contribution in [1.82, 2.24) is 10.6 Å². The van der Waals surface area contributed by atoms with Crippen molar-refractivity contribution in [3.63, 3.8) is 0 Å².